The zero-order valence-corrected chi connectivity index (χ0v) is 8.67. The lowest BCUT2D eigenvalue weighted by atomic mass is 10.1. The van der Waals surface area contributed by atoms with Gasteiger partial charge in [-0.05, 0) is 0 Å². The molecule has 0 aromatic heterocycles. The minimum Gasteiger partial charge on any atom is -0.457 e. The molecule has 4 heteroatoms. The van der Waals surface area contributed by atoms with Crippen LogP contribution in [0.3, 0.4) is 0 Å². The first-order valence-corrected chi connectivity index (χ1v) is 5.34. The minimum absolute atomic E-state index is 0.161. The van der Waals surface area contributed by atoms with Crippen LogP contribution in [0.4, 0.5) is 0 Å². The van der Waals surface area contributed by atoms with E-state index in [1.165, 1.54) is 0 Å². The van der Waals surface area contributed by atoms with E-state index in [-0.39, 0.29) is 24.5 Å². The van der Waals surface area contributed by atoms with Gasteiger partial charge < -0.3 is 14.2 Å². The van der Waals surface area contributed by atoms with Crippen LogP contribution >= 0.6 is 0 Å². The van der Waals surface area contributed by atoms with Crippen molar-refractivity contribution in [2.45, 2.75) is 24.9 Å². The zero-order valence-electron chi connectivity index (χ0n) is 8.67. The number of benzene rings is 1. The van der Waals surface area contributed by atoms with Crippen molar-refractivity contribution in [2.75, 3.05) is 6.61 Å². The monoisotopic (exact) mass is 220 g/mol. The third kappa shape index (κ3) is 1.70. The summed E-state index contributed by atoms with van der Waals surface area (Å²) in [5, 5.41) is 0. The number of rotatable bonds is 1. The van der Waals surface area contributed by atoms with Gasteiger partial charge >= 0.3 is 5.97 Å². The van der Waals surface area contributed by atoms with E-state index in [1.54, 1.807) is 0 Å². The smallest absolute Gasteiger partial charge is 0.309 e. The molecule has 2 heterocycles. The van der Waals surface area contributed by atoms with Gasteiger partial charge in [0.15, 0.2) is 12.4 Å². The van der Waals surface area contributed by atoms with E-state index in [4.69, 9.17) is 14.2 Å². The summed E-state index contributed by atoms with van der Waals surface area (Å²) in [5.74, 6) is -0.202. The van der Waals surface area contributed by atoms with Crippen molar-refractivity contribution in [3.8, 4) is 0 Å². The molecule has 84 valence electrons. The van der Waals surface area contributed by atoms with Gasteiger partial charge in [0.25, 0.3) is 0 Å². The van der Waals surface area contributed by atoms with Gasteiger partial charge in [-0.15, -0.1) is 0 Å². The maximum absolute atomic E-state index is 11.1. The maximum atomic E-state index is 11.1. The highest BCUT2D eigenvalue weighted by Crippen LogP contribution is 2.32. The van der Waals surface area contributed by atoms with Crippen molar-refractivity contribution in [1.82, 2.24) is 0 Å². The van der Waals surface area contributed by atoms with E-state index < -0.39 is 0 Å². The molecule has 2 saturated heterocycles. The molecule has 0 saturated carbocycles. The standard InChI is InChI=1S/C12H12O4/c13-11-6-9-10(15-11)7-14-12(16-9)8-4-2-1-3-5-8/h1-5,9-10,12H,6-7H2/t9-,10-,12+/m1/s1. The molecule has 4 nitrogen and oxygen atoms in total. The Morgan fingerprint density at radius 1 is 1.12 bits per heavy atom. The van der Waals surface area contributed by atoms with Crippen LogP contribution in [-0.2, 0) is 19.0 Å². The summed E-state index contributed by atoms with van der Waals surface area (Å²) in [4.78, 5) is 11.1. The summed E-state index contributed by atoms with van der Waals surface area (Å²) in [6.07, 6.45) is -0.437. The molecule has 2 aliphatic rings. The Kier molecular flexibility index (Phi) is 2.38. The Morgan fingerprint density at radius 3 is 2.75 bits per heavy atom. The lowest BCUT2D eigenvalue weighted by Crippen LogP contribution is -2.37. The molecular formula is C12H12O4. The number of carbonyl (C=O) groups excluding carboxylic acids is 1. The molecule has 0 radical (unpaired) electrons. The summed E-state index contributed by atoms with van der Waals surface area (Å²) < 4.78 is 16.3. The Labute approximate surface area is 93.1 Å². The van der Waals surface area contributed by atoms with Gasteiger partial charge in [0.1, 0.15) is 6.10 Å². The molecule has 0 bridgehead atoms. The number of carbonyl (C=O) groups is 1. The molecule has 3 atom stereocenters. The highest BCUT2D eigenvalue weighted by molar-refractivity contribution is 5.72. The van der Waals surface area contributed by atoms with E-state index in [1.807, 2.05) is 30.3 Å². The van der Waals surface area contributed by atoms with E-state index in [0.717, 1.165) is 5.56 Å². The van der Waals surface area contributed by atoms with Gasteiger partial charge in [0.2, 0.25) is 0 Å². The Bertz CT molecular complexity index is 389. The quantitative estimate of drug-likeness (QED) is 0.671. The molecule has 16 heavy (non-hydrogen) atoms. The van der Waals surface area contributed by atoms with Crippen LogP contribution in [0.15, 0.2) is 30.3 Å². The first kappa shape index (κ1) is 9.81. The van der Waals surface area contributed by atoms with Crippen LogP contribution in [0.1, 0.15) is 18.3 Å². The first-order chi connectivity index (χ1) is 7.83. The average molecular weight is 220 g/mol. The largest absolute Gasteiger partial charge is 0.457 e. The van der Waals surface area contributed by atoms with Crippen LogP contribution < -0.4 is 0 Å². The van der Waals surface area contributed by atoms with Gasteiger partial charge in [-0.2, -0.15) is 0 Å². The first-order valence-electron chi connectivity index (χ1n) is 5.34. The Balaban J connectivity index is 1.74. The molecule has 1 aromatic rings. The maximum Gasteiger partial charge on any atom is 0.309 e. The second kappa shape index (κ2) is 3.88. The molecule has 0 N–H and O–H groups in total. The summed E-state index contributed by atoms with van der Waals surface area (Å²) in [6.45, 7) is 0.413. The second-order valence-electron chi connectivity index (χ2n) is 3.98. The predicted octanol–water partition coefficient (Wildman–Crippen LogP) is 1.42. The van der Waals surface area contributed by atoms with Crippen molar-refractivity contribution in [3.63, 3.8) is 0 Å². The molecule has 3 rings (SSSR count). The number of fused-ring (bicyclic) bond motifs is 1. The normalized spacial score (nSPS) is 33.2. The summed E-state index contributed by atoms with van der Waals surface area (Å²) in [6, 6.07) is 9.71. The van der Waals surface area contributed by atoms with Gasteiger partial charge in [-0.3, -0.25) is 4.79 Å². The van der Waals surface area contributed by atoms with Crippen molar-refractivity contribution < 1.29 is 19.0 Å². The van der Waals surface area contributed by atoms with Crippen LogP contribution in [0, 0.1) is 0 Å². The number of hydrogen-bond acceptors (Lipinski definition) is 4. The fourth-order valence-electron chi connectivity index (χ4n) is 2.03. The van der Waals surface area contributed by atoms with E-state index >= 15 is 0 Å². The van der Waals surface area contributed by atoms with E-state index in [2.05, 4.69) is 0 Å². The Hall–Kier alpha value is -1.39. The number of esters is 1. The lowest BCUT2D eigenvalue weighted by Gasteiger charge is -2.30. The zero-order chi connectivity index (χ0) is 11.0. The van der Waals surface area contributed by atoms with Crippen molar-refractivity contribution in [1.29, 1.82) is 0 Å². The average Bonchev–Trinajstić information content (AvgIpc) is 2.69. The van der Waals surface area contributed by atoms with Crippen molar-refractivity contribution >= 4 is 5.97 Å². The highest BCUT2D eigenvalue weighted by Gasteiger charge is 2.41. The molecule has 2 fully saturated rings. The molecule has 0 unspecified atom stereocenters. The number of ether oxygens (including phenoxy) is 3. The van der Waals surface area contributed by atoms with Crippen LogP contribution in [-0.4, -0.2) is 24.8 Å². The topological polar surface area (TPSA) is 44.8 Å². The fourth-order valence-corrected chi connectivity index (χ4v) is 2.03. The summed E-state index contributed by atoms with van der Waals surface area (Å²) in [7, 11) is 0. The third-order valence-electron chi connectivity index (χ3n) is 2.85. The van der Waals surface area contributed by atoms with Gasteiger partial charge in [-0.25, -0.2) is 0 Å². The summed E-state index contributed by atoms with van der Waals surface area (Å²) >= 11 is 0. The third-order valence-corrected chi connectivity index (χ3v) is 2.85. The van der Waals surface area contributed by atoms with Crippen LogP contribution in [0.5, 0.6) is 0 Å². The molecule has 2 aliphatic heterocycles. The predicted molar refractivity (Wildman–Crippen MR) is 54.5 cm³/mol. The lowest BCUT2D eigenvalue weighted by molar-refractivity contribution is -0.242. The summed E-state index contributed by atoms with van der Waals surface area (Å²) in [5.41, 5.74) is 0.972. The molecule has 0 amide bonds. The van der Waals surface area contributed by atoms with Gasteiger partial charge in [0, 0.05) is 5.56 Å². The molecule has 0 spiro atoms. The van der Waals surface area contributed by atoms with Crippen LogP contribution in [0.25, 0.3) is 0 Å². The van der Waals surface area contributed by atoms with E-state index in [0.29, 0.717) is 13.0 Å². The van der Waals surface area contributed by atoms with Gasteiger partial charge in [0.05, 0.1) is 13.0 Å². The molecule has 0 aliphatic carbocycles. The van der Waals surface area contributed by atoms with Gasteiger partial charge in [-0.1, -0.05) is 30.3 Å². The molecular weight excluding hydrogens is 208 g/mol. The highest BCUT2D eigenvalue weighted by atomic mass is 16.7. The van der Waals surface area contributed by atoms with E-state index in [9.17, 15) is 4.79 Å². The SMILES string of the molecule is O=C1C[C@H]2O[C@@H](c3ccccc3)OC[C@H]2O1. The number of hydrogen-bond donors (Lipinski definition) is 0. The minimum atomic E-state index is -0.378. The van der Waals surface area contributed by atoms with Crippen molar-refractivity contribution in [3.05, 3.63) is 35.9 Å². The van der Waals surface area contributed by atoms with Crippen molar-refractivity contribution in [2.24, 2.45) is 0 Å². The molecule has 1 aromatic carbocycles. The second-order valence-corrected chi connectivity index (χ2v) is 3.98. The van der Waals surface area contributed by atoms with Crippen LogP contribution in [0.2, 0.25) is 0 Å². The Morgan fingerprint density at radius 2 is 1.94 bits per heavy atom. The fraction of sp³-hybridized carbons (Fsp3) is 0.417.